The van der Waals surface area contributed by atoms with Crippen molar-refractivity contribution in [2.45, 2.75) is 43.5 Å². The zero-order chi connectivity index (χ0) is 10.7. The van der Waals surface area contributed by atoms with Crippen molar-refractivity contribution in [3.05, 3.63) is 29.8 Å². The third-order valence-electron chi connectivity index (χ3n) is 2.98. The van der Waals surface area contributed by atoms with Crippen molar-refractivity contribution in [2.24, 2.45) is 0 Å². The molecule has 2 unspecified atom stereocenters. The summed E-state index contributed by atoms with van der Waals surface area (Å²) in [4.78, 5) is 0.550. The Balaban J connectivity index is 1.98. The molecule has 0 bridgehead atoms. The van der Waals surface area contributed by atoms with E-state index in [1.807, 2.05) is 0 Å². The van der Waals surface area contributed by atoms with Crippen molar-refractivity contribution in [1.82, 2.24) is 0 Å². The monoisotopic (exact) mass is 270 g/mol. The molecule has 82 valence electrons. The topological polar surface area (TPSA) is 20.2 Å². The molecule has 0 aromatic heterocycles. The summed E-state index contributed by atoms with van der Waals surface area (Å²) in [7, 11) is 0. The maximum atomic E-state index is 9.90. The van der Waals surface area contributed by atoms with Crippen LogP contribution < -0.4 is 4.46 Å². The molecule has 2 heteroatoms. The van der Waals surface area contributed by atoms with Crippen molar-refractivity contribution >= 4 is 19.4 Å². The van der Waals surface area contributed by atoms with Crippen LogP contribution in [0.3, 0.4) is 0 Å². The molecule has 0 amide bonds. The molecule has 1 aliphatic rings. The maximum absolute atomic E-state index is 9.90. The van der Waals surface area contributed by atoms with E-state index in [1.165, 1.54) is 29.3 Å². The summed E-state index contributed by atoms with van der Waals surface area (Å²) in [5.41, 5.74) is 1.32. The van der Waals surface area contributed by atoms with E-state index in [2.05, 4.69) is 31.2 Å². The van der Waals surface area contributed by atoms with Crippen LogP contribution in [0.15, 0.2) is 24.3 Å². The molecule has 1 N–H and O–H groups in total. The van der Waals surface area contributed by atoms with Gasteiger partial charge in [0.15, 0.2) is 0 Å². The van der Waals surface area contributed by atoms with Gasteiger partial charge >= 0.3 is 97.9 Å². The van der Waals surface area contributed by atoms with E-state index in [0.29, 0.717) is 19.8 Å². The first-order chi connectivity index (χ1) is 7.25. The van der Waals surface area contributed by atoms with Crippen LogP contribution in [0.4, 0.5) is 0 Å². The first-order valence-corrected chi connectivity index (χ1v) is 7.51. The zero-order valence-electron chi connectivity index (χ0n) is 9.15. The Morgan fingerprint density at radius 1 is 1.13 bits per heavy atom. The SMILES string of the molecule is Cc1ccc([Se]C2CCCCC2O)cc1. The summed E-state index contributed by atoms with van der Waals surface area (Å²) in [6, 6.07) is 8.78. The molecule has 2 rings (SSSR count). The van der Waals surface area contributed by atoms with Gasteiger partial charge in [0.1, 0.15) is 0 Å². The van der Waals surface area contributed by atoms with Crippen LogP contribution in [0, 0.1) is 6.92 Å². The summed E-state index contributed by atoms with van der Waals surface area (Å²) < 4.78 is 1.43. The van der Waals surface area contributed by atoms with Crippen molar-refractivity contribution in [3.63, 3.8) is 0 Å². The molecule has 1 aliphatic carbocycles. The van der Waals surface area contributed by atoms with Crippen molar-refractivity contribution in [2.75, 3.05) is 0 Å². The summed E-state index contributed by atoms with van der Waals surface area (Å²) in [6.07, 6.45) is 4.70. The zero-order valence-corrected chi connectivity index (χ0v) is 10.9. The molecule has 1 fully saturated rings. The third kappa shape index (κ3) is 3.07. The van der Waals surface area contributed by atoms with Crippen molar-refractivity contribution in [1.29, 1.82) is 0 Å². The molecule has 1 aromatic carbocycles. The van der Waals surface area contributed by atoms with E-state index < -0.39 is 0 Å². The van der Waals surface area contributed by atoms with Crippen LogP contribution in [-0.4, -0.2) is 26.2 Å². The Kier molecular flexibility index (Phi) is 3.85. The van der Waals surface area contributed by atoms with Gasteiger partial charge in [-0.15, -0.1) is 0 Å². The molecule has 0 radical (unpaired) electrons. The first kappa shape index (κ1) is 11.2. The van der Waals surface area contributed by atoms with E-state index in [4.69, 9.17) is 0 Å². The van der Waals surface area contributed by atoms with Gasteiger partial charge in [-0.05, 0) is 0 Å². The van der Waals surface area contributed by atoms with Crippen LogP contribution in [-0.2, 0) is 0 Å². The molecule has 15 heavy (non-hydrogen) atoms. The van der Waals surface area contributed by atoms with Crippen LogP contribution in [0.25, 0.3) is 0 Å². The molecular formula is C13H18OSe. The summed E-state index contributed by atoms with van der Waals surface area (Å²) in [6.45, 7) is 2.12. The Morgan fingerprint density at radius 2 is 1.80 bits per heavy atom. The minimum atomic E-state index is -0.0416. The second kappa shape index (κ2) is 5.16. The summed E-state index contributed by atoms with van der Waals surface area (Å²) >= 11 is 0.452. The number of benzene rings is 1. The Bertz CT molecular complexity index is 307. The third-order valence-corrected chi connectivity index (χ3v) is 5.91. The van der Waals surface area contributed by atoms with Crippen LogP contribution in [0.1, 0.15) is 31.2 Å². The molecule has 0 spiro atoms. The van der Waals surface area contributed by atoms with Gasteiger partial charge in [-0.1, -0.05) is 0 Å². The van der Waals surface area contributed by atoms with E-state index in [0.717, 1.165) is 6.42 Å². The Labute approximate surface area is 98.1 Å². The molecule has 0 aliphatic heterocycles. The van der Waals surface area contributed by atoms with E-state index in [9.17, 15) is 5.11 Å². The minimum absolute atomic E-state index is 0.0416. The van der Waals surface area contributed by atoms with Crippen LogP contribution in [0.5, 0.6) is 0 Å². The fraction of sp³-hybridized carbons (Fsp3) is 0.538. The van der Waals surface area contributed by atoms with Gasteiger partial charge in [0.2, 0.25) is 0 Å². The van der Waals surface area contributed by atoms with Crippen molar-refractivity contribution < 1.29 is 5.11 Å². The number of hydrogen-bond acceptors (Lipinski definition) is 1. The normalized spacial score (nSPS) is 26.5. The van der Waals surface area contributed by atoms with Gasteiger partial charge in [0.05, 0.1) is 0 Å². The second-order valence-corrected chi connectivity index (χ2v) is 7.08. The van der Waals surface area contributed by atoms with Crippen LogP contribution >= 0.6 is 0 Å². The number of rotatable bonds is 2. The van der Waals surface area contributed by atoms with E-state index >= 15 is 0 Å². The van der Waals surface area contributed by atoms with E-state index in [1.54, 1.807) is 0 Å². The van der Waals surface area contributed by atoms with Gasteiger partial charge in [-0.3, -0.25) is 0 Å². The first-order valence-electron chi connectivity index (χ1n) is 5.67. The number of aryl methyl sites for hydroxylation is 1. The van der Waals surface area contributed by atoms with Gasteiger partial charge < -0.3 is 0 Å². The van der Waals surface area contributed by atoms with Gasteiger partial charge in [-0.25, -0.2) is 0 Å². The quantitative estimate of drug-likeness (QED) is 0.815. The molecule has 2 atom stereocenters. The predicted octanol–water partition coefficient (Wildman–Crippen LogP) is 2.05. The molecule has 1 saturated carbocycles. The molecular weight excluding hydrogens is 251 g/mol. The Morgan fingerprint density at radius 3 is 2.47 bits per heavy atom. The summed E-state index contributed by atoms with van der Waals surface area (Å²) in [5.74, 6) is 0. The second-order valence-electron chi connectivity index (χ2n) is 4.32. The Hall–Kier alpha value is -0.301. The van der Waals surface area contributed by atoms with Gasteiger partial charge in [-0.2, -0.15) is 0 Å². The average Bonchev–Trinajstić information content (AvgIpc) is 2.25. The van der Waals surface area contributed by atoms with E-state index in [-0.39, 0.29) is 6.10 Å². The molecule has 1 aromatic rings. The summed E-state index contributed by atoms with van der Waals surface area (Å²) in [5, 5.41) is 9.90. The molecule has 0 saturated heterocycles. The number of aliphatic hydroxyl groups is 1. The molecule has 1 nitrogen and oxygen atoms in total. The van der Waals surface area contributed by atoms with Crippen LogP contribution in [0.2, 0.25) is 4.82 Å². The number of aliphatic hydroxyl groups excluding tert-OH is 1. The molecule has 0 heterocycles. The van der Waals surface area contributed by atoms with Gasteiger partial charge in [0.25, 0.3) is 0 Å². The fourth-order valence-corrected chi connectivity index (χ4v) is 4.57. The van der Waals surface area contributed by atoms with Gasteiger partial charge in [0, 0.05) is 0 Å². The predicted molar refractivity (Wildman–Crippen MR) is 64.8 cm³/mol. The fourth-order valence-electron chi connectivity index (χ4n) is 2.01. The average molecular weight is 269 g/mol. The van der Waals surface area contributed by atoms with Crippen molar-refractivity contribution in [3.8, 4) is 0 Å². The standard InChI is InChI=1S/C13H18OSe/c1-10-6-8-11(9-7-10)15-13-5-3-2-4-12(13)14/h6-9,12-14H,2-5H2,1H3. The number of hydrogen-bond donors (Lipinski definition) is 1.